The molecule has 0 atom stereocenters. The Hall–Kier alpha value is -0.280. The molecule has 0 amide bonds. The standard InChI is InChI=1S/C7H5BrOS/c8-6-1-3-7(4-2-6)10-5-9/h1-5H. The predicted molar refractivity (Wildman–Crippen MR) is 46.7 cm³/mol. The molecule has 0 spiro atoms. The van der Waals surface area contributed by atoms with Crippen molar-refractivity contribution in [2.45, 2.75) is 4.90 Å². The van der Waals surface area contributed by atoms with Crippen LogP contribution in [0.1, 0.15) is 0 Å². The van der Waals surface area contributed by atoms with Gasteiger partial charge in [0, 0.05) is 9.37 Å². The molecule has 0 bridgehead atoms. The zero-order valence-corrected chi connectivity index (χ0v) is 7.48. The van der Waals surface area contributed by atoms with Crippen LogP contribution in [-0.4, -0.2) is 5.62 Å². The molecular weight excluding hydrogens is 212 g/mol. The molecule has 0 radical (unpaired) electrons. The van der Waals surface area contributed by atoms with Crippen molar-refractivity contribution in [1.29, 1.82) is 0 Å². The van der Waals surface area contributed by atoms with E-state index in [1.165, 1.54) is 11.8 Å². The number of hydrogen-bond donors (Lipinski definition) is 0. The van der Waals surface area contributed by atoms with E-state index in [9.17, 15) is 4.79 Å². The monoisotopic (exact) mass is 216 g/mol. The van der Waals surface area contributed by atoms with Crippen molar-refractivity contribution in [1.82, 2.24) is 0 Å². The molecule has 1 rings (SSSR count). The Morgan fingerprint density at radius 1 is 1.30 bits per heavy atom. The highest BCUT2D eigenvalue weighted by Crippen LogP contribution is 2.17. The Balaban J connectivity index is 2.78. The normalized spacial score (nSPS) is 9.30. The minimum atomic E-state index is 0.823. The van der Waals surface area contributed by atoms with Gasteiger partial charge in [0.25, 0.3) is 0 Å². The molecule has 0 heterocycles. The first-order valence-corrected chi connectivity index (χ1v) is 4.36. The van der Waals surface area contributed by atoms with Crippen molar-refractivity contribution >= 4 is 33.3 Å². The molecule has 0 aromatic heterocycles. The number of rotatable bonds is 2. The smallest absolute Gasteiger partial charge is 0.180 e. The molecule has 0 saturated carbocycles. The summed E-state index contributed by atoms with van der Waals surface area (Å²) in [5.74, 6) is 0. The summed E-state index contributed by atoms with van der Waals surface area (Å²) in [5, 5.41) is 0. The van der Waals surface area contributed by atoms with Crippen LogP contribution >= 0.6 is 27.7 Å². The molecule has 0 fully saturated rings. The van der Waals surface area contributed by atoms with Gasteiger partial charge in [0.2, 0.25) is 0 Å². The first kappa shape index (κ1) is 7.82. The van der Waals surface area contributed by atoms with E-state index in [1.54, 1.807) is 0 Å². The van der Waals surface area contributed by atoms with E-state index in [1.807, 2.05) is 24.3 Å². The third-order valence-electron chi connectivity index (χ3n) is 0.998. The topological polar surface area (TPSA) is 17.1 Å². The third kappa shape index (κ3) is 2.15. The molecule has 0 aliphatic carbocycles. The zero-order chi connectivity index (χ0) is 7.40. The second kappa shape index (κ2) is 3.78. The molecule has 3 heteroatoms. The Kier molecular flexibility index (Phi) is 2.96. The molecule has 10 heavy (non-hydrogen) atoms. The van der Waals surface area contributed by atoms with Crippen LogP contribution in [0.5, 0.6) is 0 Å². The average Bonchev–Trinajstić information content (AvgIpc) is 1.95. The fourth-order valence-corrected chi connectivity index (χ4v) is 1.24. The predicted octanol–water partition coefficient (Wildman–Crippen LogP) is 2.73. The molecular formula is C7H5BrOS. The maximum absolute atomic E-state index is 10.0. The van der Waals surface area contributed by atoms with E-state index in [-0.39, 0.29) is 0 Å². The summed E-state index contributed by atoms with van der Waals surface area (Å²) in [7, 11) is 0. The van der Waals surface area contributed by atoms with Gasteiger partial charge in [-0.15, -0.1) is 0 Å². The van der Waals surface area contributed by atoms with Gasteiger partial charge in [-0.3, -0.25) is 4.79 Å². The summed E-state index contributed by atoms with van der Waals surface area (Å²) in [4.78, 5) is 11.0. The fourth-order valence-electron chi connectivity index (χ4n) is 0.569. The van der Waals surface area contributed by atoms with Gasteiger partial charge in [-0.25, -0.2) is 0 Å². The Bertz CT molecular complexity index is 220. The largest absolute Gasteiger partial charge is 0.291 e. The summed E-state index contributed by atoms with van der Waals surface area (Å²) in [5.41, 5.74) is 0.823. The summed E-state index contributed by atoms with van der Waals surface area (Å²) < 4.78 is 1.03. The van der Waals surface area contributed by atoms with Gasteiger partial charge in [-0.05, 0) is 24.3 Å². The number of thioether (sulfide) groups is 1. The number of carbonyl (C=O) groups excluding carboxylic acids is 1. The third-order valence-corrected chi connectivity index (χ3v) is 2.17. The highest BCUT2D eigenvalue weighted by atomic mass is 79.9. The minimum Gasteiger partial charge on any atom is -0.291 e. The number of benzene rings is 1. The molecule has 0 unspecified atom stereocenters. The van der Waals surface area contributed by atoms with E-state index < -0.39 is 0 Å². The van der Waals surface area contributed by atoms with Gasteiger partial charge >= 0.3 is 0 Å². The lowest BCUT2D eigenvalue weighted by atomic mass is 10.4. The molecule has 0 aliphatic heterocycles. The van der Waals surface area contributed by atoms with Crippen LogP contribution in [0.3, 0.4) is 0 Å². The van der Waals surface area contributed by atoms with Gasteiger partial charge in [0.15, 0.2) is 5.62 Å². The Morgan fingerprint density at radius 2 is 1.90 bits per heavy atom. The van der Waals surface area contributed by atoms with Crippen LogP contribution in [0.4, 0.5) is 0 Å². The van der Waals surface area contributed by atoms with Gasteiger partial charge < -0.3 is 0 Å². The van der Waals surface area contributed by atoms with Crippen LogP contribution in [-0.2, 0) is 4.79 Å². The van der Waals surface area contributed by atoms with Crippen LogP contribution in [0.25, 0.3) is 0 Å². The molecule has 1 aromatic rings. The van der Waals surface area contributed by atoms with Gasteiger partial charge in [0.1, 0.15) is 0 Å². The van der Waals surface area contributed by atoms with Crippen LogP contribution in [0, 0.1) is 0 Å². The lowest BCUT2D eigenvalue weighted by Gasteiger charge is -1.92. The quantitative estimate of drug-likeness (QED) is 0.559. The van der Waals surface area contributed by atoms with Crippen molar-refractivity contribution in [3.8, 4) is 0 Å². The maximum atomic E-state index is 10.0. The Morgan fingerprint density at radius 3 is 2.40 bits per heavy atom. The van der Waals surface area contributed by atoms with Gasteiger partial charge in [-0.2, -0.15) is 0 Å². The van der Waals surface area contributed by atoms with Crippen molar-refractivity contribution in [2.24, 2.45) is 0 Å². The van der Waals surface area contributed by atoms with Crippen LogP contribution < -0.4 is 0 Å². The van der Waals surface area contributed by atoms with E-state index >= 15 is 0 Å². The second-order valence-electron chi connectivity index (χ2n) is 1.67. The van der Waals surface area contributed by atoms with Crippen molar-refractivity contribution < 1.29 is 4.79 Å². The average molecular weight is 217 g/mol. The van der Waals surface area contributed by atoms with Crippen LogP contribution in [0.2, 0.25) is 0 Å². The maximum Gasteiger partial charge on any atom is 0.180 e. The summed E-state index contributed by atoms with van der Waals surface area (Å²) in [6, 6.07) is 7.60. The van der Waals surface area contributed by atoms with E-state index in [4.69, 9.17) is 0 Å². The molecule has 0 saturated heterocycles. The molecule has 0 aliphatic rings. The number of carbonyl (C=O) groups is 1. The first-order chi connectivity index (χ1) is 4.83. The lowest BCUT2D eigenvalue weighted by Crippen LogP contribution is -1.68. The zero-order valence-electron chi connectivity index (χ0n) is 5.08. The van der Waals surface area contributed by atoms with Crippen molar-refractivity contribution in [3.05, 3.63) is 28.7 Å². The van der Waals surface area contributed by atoms with E-state index in [0.29, 0.717) is 0 Å². The summed E-state index contributed by atoms with van der Waals surface area (Å²) in [6.45, 7) is 0. The molecule has 1 aromatic carbocycles. The number of hydrogen-bond acceptors (Lipinski definition) is 2. The van der Waals surface area contributed by atoms with Gasteiger partial charge in [0.05, 0.1) is 0 Å². The Labute approximate surface area is 71.9 Å². The SMILES string of the molecule is O=CSc1ccc(Br)cc1. The van der Waals surface area contributed by atoms with Gasteiger partial charge in [-0.1, -0.05) is 27.7 Å². The van der Waals surface area contributed by atoms with E-state index in [0.717, 1.165) is 15.0 Å². The van der Waals surface area contributed by atoms with Crippen LogP contribution in [0.15, 0.2) is 33.6 Å². The first-order valence-electron chi connectivity index (χ1n) is 2.69. The molecule has 52 valence electrons. The lowest BCUT2D eigenvalue weighted by molar-refractivity contribution is 0.570. The van der Waals surface area contributed by atoms with E-state index in [2.05, 4.69) is 15.9 Å². The molecule has 0 N–H and O–H groups in total. The van der Waals surface area contributed by atoms with Crippen molar-refractivity contribution in [2.75, 3.05) is 0 Å². The fraction of sp³-hybridized carbons (Fsp3) is 0. The number of halogens is 1. The molecule has 1 nitrogen and oxygen atoms in total. The highest BCUT2D eigenvalue weighted by Gasteiger charge is 1.89. The summed E-state index contributed by atoms with van der Waals surface area (Å²) >= 11 is 4.48. The summed E-state index contributed by atoms with van der Waals surface area (Å²) in [6.07, 6.45) is 0. The van der Waals surface area contributed by atoms with Crippen molar-refractivity contribution in [3.63, 3.8) is 0 Å². The second-order valence-corrected chi connectivity index (χ2v) is 3.48. The highest BCUT2D eigenvalue weighted by molar-refractivity contribution is 9.10. The minimum absolute atomic E-state index is 0.823.